The van der Waals surface area contributed by atoms with Gasteiger partial charge in [-0.3, -0.25) is 9.59 Å². The van der Waals surface area contributed by atoms with Crippen LogP contribution in [0.1, 0.15) is 23.7 Å². The van der Waals surface area contributed by atoms with Crippen LogP contribution < -0.4 is 0 Å². The molecule has 0 spiro atoms. The van der Waals surface area contributed by atoms with Gasteiger partial charge < -0.3 is 4.74 Å². The van der Waals surface area contributed by atoms with Crippen molar-refractivity contribution in [3.8, 4) is 0 Å². The van der Waals surface area contributed by atoms with E-state index in [9.17, 15) is 18.0 Å². The van der Waals surface area contributed by atoms with E-state index in [2.05, 4.69) is 0 Å². The number of benzene rings is 2. The minimum absolute atomic E-state index is 0.00484. The Morgan fingerprint density at radius 3 is 2.28 bits per heavy atom. The first-order valence-corrected chi connectivity index (χ1v) is 12.0. The Morgan fingerprint density at radius 1 is 1.10 bits per heavy atom. The number of thiocarbonyl (C=S) groups is 1. The SMILES string of the molecule is CCOC(=O)C1(C(=O)c2ccccc2)CC(CS(=O)(=O)c2ccccc2)SC1=S. The maximum absolute atomic E-state index is 13.3. The predicted octanol–water partition coefficient (Wildman–Crippen LogP) is 3.73. The Kier molecular flexibility index (Phi) is 6.55. The lowest BCUT2D eigenvalue weighted by molar-refractivity contribution is -0.148. The first kappa shape index (κ1) is 21.7. The lowest BCUT2D eigenvalue weighted by Gasteiger charge is -2.25. The predicted molar refractivity (Wildman–Crippen MR) is 117 cm³/mol. The van der Waals surface area contributed by atoms with Crippen molar-refractivity contribution in [1.82, 2.24) is 0 Å². The summed E-state index contributed by atoms with van der Waals surface area (Å²) in [5.74, 6) is -1.38. The second kappa shape index (κ2) is 8.77. The van der Waals surface area contributed by atoms with E-state index in [0.29, 0.717) is 5.56 Å². The highest BCUT2D eigenvalue weighted by molar-refractivity contribution is 8.24. The number of ether oxygens (including phenoxy) is 1. The number of esters is 1. The highest BCUT2D eigenvalue weighted by Crippen LogP contribution is 2.47. The monoisotopic (exact) mass is 448 g/mol. The number of rotatable bonds is 7. The van der Waals surface area contributed by atoms with E-state index in [-0.39, 0.29) is 27.9 Å². The summed E-state index contributed by atoms with van der Waals surface area (Å²) < 4.78 is 30.9. The molecule has 29 heavy (non-hydrogen) atoms. The molecule has 1 saturated heterocycles. The zero-order valence-electron chi connectivity index (χ0n) is 15.7. The molecule has 0 amide bonds. The second-order valence-electron chi connectivity index (χ2n) is 6.65. The van der Waals surface area contributed by atoms with E-state index in [1.165, 1.54) is 12.1 Å². The van der Waals surface area contributed by atoms with E-state index in [1.54, 1.807) is 55.5 Å². The lowest BCUT2D eigenvalue weighted by Crippen LogP contribution is -2.43. The van der Waals surface area contributed by atoms with Crippen LogP contribution in [0.3, 0.4) is 0 Å². The molecule has 1 aliphatic heterocycles. The first-order valence-electron chi connectivity index (χ1n) is 9.07. The van der Waals surface area contributed by atoms with Gasteiger partial charge in [-0.25, -0.2) is 8.42 Å². The van der Waals surface area contributed by atoms with Gasteiger partial charge >= 0.3 is 5.97 Å². The summed E-state index contributed by atoms with van der Waals surface area (Å²) >= 11 is 6.55. The number of Topliss-reactive ketones (excluding diaryl/α,β-unsaturated/α-hetero) is 1. The molecule has 0 aliphatic carbocycles. The first-order chi connectivity index (χ1) is 13.8. The molecular weight excluding hydrogens is 428 g/mol. The van der Waals surface area contributed by atoms with Gasteiger partial charge in [-0.1, -0.05) is 60.7 Å². The van der Waals surface area contributed by atoms with Gasteiger partial charge in [-0.2, -0.15) is 0 Å². The Labute approximate surface area is 179 Å². The molecule has 2 aromatic carbocycles. The van der Waals surface area contributed by atoms with Crippen LogP contribution in [0.15, 0.2) is 65.6 Å². The molecule has 0 radical (unpaired) electrons. The minimum Gasteiger partial charge on any atom is -0.465 e. The maximum Gasteiger partial charge on any atom is 0.326 e. The fraction of sp³-hybridized carbons (Fsp3) is 0.286. The van der Waals surface area contributed by atoms with Crippen molar-refractivity contribution in [2.45, 2.75) is 23.5 Å². The van der Waals surface area contributed by atoms with E-state index in [0.717, 1.165) is 11.8 Å². The molecule has 0 N–H and O–H groups in total. The summed E-state index contributed by atoms with van der Waals surface area (Å²) in [6.45, 7) is 1.75. The standard InChI is InChI=1S/C21H20O5S3/c1-2-26-19(23)21(18(22)15-9-5-3-6-10-15)13-16(28-20(21)27)14-29(24,25)17-11-7-4-8-12-17/h3-12,16H,2,13-14H2,1H3. The average Bonchev–Trinajstić information content (AvgIpc) is 3.05. The highest BCUT2D eigenvalue weighted by atomic mass is 32.2. The molecule has 1 fully saturated rings. The molecule has 0 bridgehead atoms. The quantitative estimate of drug-likeness (QED) is 0.276. The van der Waals surface area contributed by atoms with Gasteiger partial charge in [-0.15, -0.1) is 11.8 Å². The lowest BCUT2D eigenvalue weighted by atomic mass is 9.78. The minimum atomic E-state index is -3.59. The summed E-state index contributed by atoms with van der Waals surface area (Å²) in [4.78, 5) is 26.4. The molecule has 5 nitrogen and oxygen atoms in total. The molecule has 1 aliphatic rings. The van der Waals surface area contributed by atoms with Crippen molar-refractivity contribution in [1.29, 1.82) is 0 Å². The van der Waals surface area contributed by atoms with Crippen LogP contribution in [0, 0.1) is 5.41 Å². The van der Waals surface area contributed by atoms with Crippen molar-refractivity contribution in [3.05, 3.63) is 66.2 Å². The summed E-state index contributed by atoms with van der Waals surface area (Å²) in [7, 11) is -3.59. The molecule has 152 valence electrons. The molecule has 8 heteroatoms. The van der Waals surface area contributed by atoms with E-state index < -0.39 is 32.3 Å². The van der Waals surface area contributed by atoms with Crippen LogP contribution in [0.25, 0.3) is 0 Å². The van der Waals surface area contributed by atoms with Gasteiger partial charge in [0, 0.05) is 10.8 Å². The van der Waals surface area contributed by atoms with E-state index in [1.807, 2.05) is 0 Å². The van der Waals surface area contributed by atoms with Crippen molar-refractivity contribution in [2.24, 2.45) is 5.41 Å². The third-order valence-corrected chi connectivity index (χ3v) is 8.62. The van der Waals surface area contributed by atoms with Crippen LogP contribution in [-0.2, 0) is 19.4 Å². The van der Waals surface area contributed by atoms with Crippen LogP contribution in [0.2, 0.25) is 0 Å². The summed E-state index contributed by atoms with van der Waals surface area (Å²) in [5.41, 5.74) is -1.32. The van der Waals surface area contributed by atoms with Crippen LogP contribution >= 0.6 is 24.0 Å². The largest absolute Gasteiger partial charge is 0.465 e. The van der Waals surface area contributed by atoms with Crippen molar-refractivity contribution in [2.75, 3.05) is 12.4 Å². The van der Waals surface area contributed by atoms with Gasteiger partial charge in [0.25, 0.3) is 0 Å². The third kappa shape index (κ3) is 4.29. The van der Waals surface area contributed by atoms with Crippen LogP contribution in [0.5, 0.6) is 0 Å². The zero-order chi connectivity index (χ0) is 21.1. The summed E-state index contributed by atoms with van der Waals surface area (Å²) in [6.07, 6.45) is -0.00484. The van der Waals surface area contributed by atoms with Crippen LogP contribution in [0.4, 0.5) is 0 Å². The average molecular weight is 449 g/mol. The van der Waals surface area contributed by atoms with Gasteiger partial charge in [0.05, 0.1) is 21.5 Å². The van der Waals surface area contributed by atoms with Crippen molar-refractivity contribution >= 4 is 49.8 Å². The summed E-state index contributed by atoms with van der Waals surface area (Å²) in [5, 5.41) is -0.523. The molecule has 2 aromatic rings. The van der Waals surface area contributed by atoms with Crippen molar-refractivity contribution < 1.29 is 22.7 Å². The van der Waals surface area contributed by atoms with E-state index in [4.69, 9.17) is 17.0 Å². The molecule has 0 saturated carbocycles. The fourth-order valence-electron chi connectivity index (χ4n) is 3.32. The zero-order valence-corrected chi connectivity index (χ0v) is 18.2. The van der Waals surface area contributed by atoms with E-state index >= 15 is 0 Å². The van der Waals surface area contributed by atoms with Gasteiger partial charge in [-0.05, 0) is 25.5 Å². The number of ketones is 1. The number of thioether (sulfide) groups is 1. The topological polar surface area (TPSA) is 77.5 Å². The Hall–Kier alpha value is -2.03. The fourth-order valence-corrected chi connectivity index (χ4v) is 7.26. The van der Waals surface area contributed by atoms with Gasteiger partial charge in [0.15, 0.2) is 21.0 Å². The number of carbonyl (C=O) groups is 2. The molecule has 0 aromatic heterocycles. The molecule has 2 unspecified atom stereocenters. The molecule has 3 rings (SSSR count). The number of carbonyl (C=O) groups excluding carboxylic acids is 2. The van der Waals surface area contributed by atoms with Gasteiger partial charge in [0.1, 0.15) is 0 Å². The number of sulfone groups is 1. The smallest absolute Gasteiger partial charge is 0.326 e. The number of hydrogen-bond donors (Lipinski definition) is 0. The normalized spacial score (nSPS) is 21.7. The molecular formula is C21H20O5S3. The van der Waals surface area contributed by atoms with Crippen LogP contribution in [-0.4, -0.2) is 42.0 Å². The van der Waals surface area contributed by atoms with Gasteiger partial charge in [0.2, 0.25) is 0 Å². The number of hydrogen-bond acceptors (Lipinski definition) is 7. The second-order valence-corrected chi connectivity index (χ2v) is 10.7. The Balaban J connectivity index is 1.93. The molecule has 2 atom stereocenters. The third-order valence-electron chi connectivity index (χ3n) is 4.71. The Morgan fingerprint density at radius 2 is 1.69 bits per heavy atom. The van der Waals surface area contributed by atoms with Crippen molar-refractivity contribution in [3.63, 3.8) is 0 Å². The molecule has 1 heterocycles. The summed E-state index contributed by atoms with van der Waals surface area (Å²) in [6, 6.07) is 16.5. The maximum atomic E-state index is 13.3. The highest BCUT2D eigenvalue weighted by Gasteiger charge is 2.57. The Bertz CT molecular complexity index is 1020.